The summed E-state index contributed by atoms with van der Waals surface area (Å²) in [7, 11) is 0. The largest absolute Gasteiger partial charge is 0.393 e. The average molecular weight is 477 g/mol. The molecular formula is C30H52O4. The van der Waals surface area contributed by atoms with Crippen LogP contribution in [0.5, 0.6) is 0 Å². The molecule has 0 bridgehead atoms. The van der Waals surface area contributed by atoms with Crippen LogP contribution < -0.4 is 0 Å². The van der Waals surface area contributed by atoms with Crippen molar-refractivity contribution in [3.63, 3.8) is 0 Å². The maximum atomic E-state index is 11.8. The lowest BCUT2D eigenvalue weighted by atomic mass is 9.34. The van der Waals surface area contributed by atoms with Crippen LogP contribution in [0.2, 0.25) is 0 Å². The molecule has 4 aliphatic rings. The summed E-state index contributed by atoms with van der Waals surface area (Å²) in [5, 5.41) is 46.0. The first kappa shape index (κ1) is 26.6. The summed E-state index contributed by atoms with van der Waals surface area (Å²) in [6.45, 7) is 17.5. The Bertz CT molecular complexity index is 813. The fourth-order valence-corrected chi connectivity index (χ4v) is 10.5. The minimum atomic E-state index is -0.810. The van der Waals surface area contributed by atoms with Crippen molar-refractivity contribution in [3.05, 3.63) is 11.6 Å². The number of hydrogen-bond acceptors (Lipinski definition) is 4. The van der Waals surface area contributed by atoms with E-state index in [9.17, 15) is 20.4 Å². The van der Waals surface area contributed by atoms with E-state index in [1.54, 1.807) is 0 Å². The van der Waals surface area contributed by atoms with Crippen LogP contribution in [0.1, 0.15) is 107 Å². The zero-order valence-corrected chi connectivity index (χ0v) is 23.1. The fraction of sp³-hybridized carbons (Fsp3) is 0.933. The molecule has 196 valence electrons. The van der Waals surface area contributed by atoms with Crippen molar-refractivity contribution in [2.24, 2.45) is 45.3 Å². The Morgan fingerprint density at radius 2 is 1.59 bits per heavy atom. The molecule has 4 saturated carbocycles. The molecule has 0 saturated heterocycles. The second-order valence-electron chi connectivity index (χ2n) is 14.7. The molecule has 4 rings (SSSR count). The first-order chi connectivity index (χ1) is 15.5. The molecule has 0 spiro atoms. The van der Waals surface area contributed by atoms with Crippen LogP contribution >= 0.6 is 0 Å². The van der Waals surface area contributed by atoms with Gasteiger partial charge in [-0.3, -0.25) is 0 Å². The first-order valence-electron chi connectivity index (χ1n) is 13.9. The van der Waals surface area contributed by atoms with Crippen molar-refractivity contribution in [3.8, 4) is 0 Å². The second-order valence-corrected chi connectivity index (χ2v) is 14.7. The highest BCUT2D eigenvalue weighted by molar-refractivity contribution is 5.21. The zero-order valence-electron chi connectivity index (χ0n) is 23.1. The van der Waals surface area contributed by atoms with Gasteiger partial charge in [-0.25, -0.2) is 0 Å². The average Bonchev–Trinajstić information content (AvgIpc) is 3.07. The van der Waals surface area contributed by atoms with Crippen LogP contribution in [0, 0.1) is 45.3 Å². The molecule has 1 unspecified atom stereocenters. The van der Waals surface area contributed by atoms with E-state index in [-0.39, 0.29) is 39.4 Å². The number of hydrogen-bond donors (Lipinski definition) is 4. The number of aliphatic hydroxyl groups is 4. The maximum Gasteiger partial charge on any atom is 0.0654 e. The summed E-state index contributed by atoms with van der Waals surface area (Å²) in [4.78, 5) is 0. The van der Waals surface area contributed by atoms with Crippen LogP contribution in [-0.2, 0) is 0 Å². The van der Waals surface area contributed by atoms with E-state index in [0.29, 0.717) is 5.92 Å². The topological polar surface area (TPSA) is 80.9 Å². The molecule has 0 radical (unpaired) electrons. The molecule has 0 aliphatic heterocycles. The third-order valence-corrected chi connectivity index (χ3v) is 12.3. The van der Waals surface area contributed by atoms with Gasteiger partial charge >= 0.3 is 0 Å². The molecule has 4 aliphatic carbocycles. The minimum absolute atomic E-state index is 0.0264. The normalized spacial score (nSPS) is 51.6. The van der Waals surface area contributed by atoms with Crippen LogP contribution in [0.4, 0.5) is 0 Å². The van der Waals surface area contributed by atoms with Gasteiger partial charge in [-0.2, -0.15) is 0 Å². The molecule has 4 nitrogen and oxygen atoms in total. The summed E-state index contributed by atoms with van der Waals surface area (Å²) in [6.07, 6.45) is 7.54. The predicted molar refractivity (Wildman–Crippen MR) is 137 cm³/mol. The minimum Gasteiger partial charge on any atom is -0.393 e. The standard InChI is InChI=1S/C30H52O4/c1-18(2)10-9-13-30(8,34)19-11-15-28(6)24(19)20(31)16-22-27(5)14-12-23(33)26(3,4)25(27)21(32)17-29(22,28)7/h10,19-25,31-34H,9,11-17H2,1-8H3/t19?,20-,21+,22+,23+,24-,25-,27-,28-,29+,30-/m1/s1. The van der Waals surface area contributed by atoms with Gasteiger partial charge in [0, 0.05) is 0 Å². The van der Waals surface area contributed by atoms with E-state index in [1.165, 1.54) is 5.57 Å². The van der Waals surface area contributed by atoms with Gasteiger partial charge < -0.3 is 20.4 Å². The van der Waals surface area contributed by atoms with Gasteiger partial charge in [0.1, 0.15) is 0 Å². The lowest BCUT2D eigenvalue weighted by molar-refractivity contribution is -0.274. The molecule has 0 heterocycles. The van der Waals surface area contributed by atoms with Gasteiger partial charge in [0.25, 0.3) is 0 Å². The smallest absolute Gasteiger partial charge is 0.0654 e. The van der Waals surface area contributed by atoms with E-state index < -0.39 is 23.9 Å². The highest BCUT2D eigenvalue weighted by Crippen LogP contribution is 2.75. The monoisotopic (exact) mass is 476 g/mol. The third-order valence-electron chi connectivity index (χ3n) is 12.3. The molecule has 4 fully saturated rings. The van der Waals surface area contributed by atoms with Crippen molar-refractivity contribution in [1.29, 1.82) is 0 Å². The Morgan fingerprint density at radius 3 is 2.21 bits per heavy atom. The Hall–Kier alpha value is -0.420. The van der Waals surface area contributed by atoms with Crippen LogP contribution in [-0.4, -0.2) is 44.3 Å². The van der Waals surface area contributed by atoms with E-state index in [1.807, 2.05) is 6.92 Å². The summed E-state index contributed by atoms with van der Waals surface area (Å²) in [6, 6.07) is 0. The van der Waals surface area contributed by atoms with Gasteiger partial charge in [-0.1, -0.05) is 46.3 Å². The lowest BCUT2D eigenvalue weighted by Gasteiger charge is -2.71. The molecule has 0 aromatic carbocycles. The highest BCUT2D eigenvalue weighted by Gasteiger charge is 2.72. The fourth-order valence-electron chi connectivity index (χ4n) is 10.5. The van der Waals surface area contributed by atoms with Gasteiger partial charge in [0.2, 0.25) is 0 Å². The molecule has 11 atom stereocenters. The van der Waals surface area contributed by atoms with Crippen molar-refractivity contribution in [1.82, 2.24) is 0 Å². The Kier molecular flexibility index (Phi) is 6.50. The molecule has 0 amide bonds. The number of fused-ring (bicyclic) bond motifs is 5. The third kappa shape index (κ3) is 3.60. The van der Waals surface area contributed by atoms with E-state index in [0.717, 1.165) is 51.4 Å². The SMILES string of the molecule is CC(C)=CCC[C@@](C)(O)C1CC[C@]2(C)[C@H]1[C@H](O)C[C@H]1[C@@]3(C)CC[C@H](O)C(C)(C)[C@H]3[C@@H](O)C[C@@]12C. The summed E-state index contributed by atoms with van der Waals surface area (Å²) < 4.78 is 0. The summed E-state index contributed by atoms with van der Waals surface area (Å²) in [5.41, 5.74) is -0.230. The van der Waals surface area contributed by atoms with Crippen molar-refractivity contribution < 1.29 is 20.4 Å². The Morgan fingerprint density at radius 1 is 0.941 bits per heavy atom. The maximum absolute atomic E-state index is 11.8. The van der Waals surface area contributed by atoms with Crippen LogP contribution in [0.15, 0.2) is 11.6 Å². The molecule has 34 heavy (non-hydrogen) atoms. The van der Waals surface area contributed by atoms with E-state index in [4.69, 9.17) is 0 Å². The molecule has 0 aromatic heterocycles. The number of allylic oxidation sites excluding steroid dienone is 2. The molecule has 0 aromatic rings. The summed E-state index contributed by atoms with van der Waals surface area (Å²) >= 11 is 0. The van der Waals surface area contributed by atoms with Crippen molar-refractivity contribution >= 4 is 0 Å². The van der Waals surface area contributed by atoms with Gasteiger partial charge in [-0.15, -0.1) is 0 Å². The number of rotatable bonds is 4. The molecule has 4 N–H and O–H groups in total. The van der Waals surface area contributed by atoms with E-state index in [2.05, 4.69) is 54.5 Å². The summed E-state index contributed by atoms with van der Waals surface area (Å²) in [5.74, 6) is 0.442. The van der Waals surface area contributed by atoms with Crippen molar-refractivity contribution in [2.45, 2.75) is 131 Å². The lowest BCUT2D eigenvalue weighted by Crippen LogP contribution is -2.69. The van der Waals surface area contributed by atoms with Crippen LogP contribution in [0.25, 0.3) is 0 Å². The Labute approximate surface area is 208 Å². The zero-order chi connectivity index (χ0) is 25.5. The highest BCUT2D eigenvalue weighted by atomic mass is 16.3. The quantitative estimate of drug-likeness (QED) is 0.406. The van der Waals surface area contributed by atoms with Gasteiger partial charge in [0.05, 0.1) is 23.9 Å². The van der Waals surface area contributed by atoms with Gasteiger partial charge in [-0.05, 0) is 117 Å². The predicted octanol–water partition coefficient (Wildman–Crippen LogP) is 5.47. The van der Waals surface area contributed by atoms with Crippen LogP contribution in [0.3, 0.4) is 0 Å². The number of aliphatic hydroxyl groups excluding tert-OH is 3. The van der Waals surface area contributed by atoms with Gasteiger partial charge in [0.15, 0.2) is 0 Å². The molecule has 4 heteroatoms. The Balaban J connectivity index is 1.70. The molecular weight excluding hydrogens is 424 g/mol. The first-order valence-corrected chi connectivity index (χ1v) is 13.9. The van der Waals surface area contributed by atoms with Crippen molar-refractivity contribution in [2.75, 3.05) is 0 Å². The van der Waals surface area contributed by atoms with E-state index >= 15 is 0 Å². The second kappa shape index (κ2) is 8.30.